The Balaban J connectivity index is 1.78. The number of nitrogens with one attached hydrogen (secondary N) is 2. The van der Waals surface area contributed by atoms with Crippen molar-refractivity contribution >= 4 is 39.0 Å². The third-order valence-electron chi connectivity index (χ3n) is 5.69. The summed E-state index contributed by atoms with van der Waals surface area (Å²) < 4.78 is 33.7. The lowest BCUT2D eigenvalue weighted by Crippen LogP contribution is -2.37. The fourth-order valence-corrected chi connectivity index (χ4v) is 5.17. The highest BCUT2D eigenvalue weighted by molar-refractivity contribution is 7.89. The second kappa shape index (κ2) is 13.1. The first-order valence-electron chi connectivity index (χ1n) is 12.0. The highest BCUT2D eigenvalue weighted by Gasteiger charge is 2.25. The van der Waals surface area contributed by atoms with E-state index in [1.54, 1.807) is 6.07 Å². The van der Waals surface area contributed by atoms with Gasteiger partial charge in [0.1, 0.15) is 16.9 Å². The Bertz CT molecular complexity index is 1410. The molecule has 0 aliphatic rings. The van der Waals surface area contributed by atoms with Crippen molar-refractivity contribution in [1.29, 1.82) is 0 Å². The normalized spacial score (nSPS) is 12.3. The van der Waals surface area contributed by atoms with Gasteiger partial charge in [0.25, 0.3) is 5.91 Å². The van der Waals surface area contributed by atoms with Crippen molar-refractivity contribution in [1.82, 2.24) is 14.9 Å². The molecule has 0 heterocycles. The summed E-state index contributed by atoms with van der Waals surface area (Å²) in [6, 6.07) is 15.8. The summed E-state index contributed by atoms with van der Waals surface area (Å²) >= 11 is 0. The number of amides is 1. The molecule has 0 aromatic heterocycles. The van der Waals surface area contributed by atoms with Gasteiger partial charge in [0, 0.05) is 25.1 Å². The number of likely N-dealkylation sites (N-methyl/N-ethyl adjacent to an activating group) is 1. The van der Waals surface area contributed by atoms with Gasteiger partial charge in [-0.15, -0.1) is 0 Å². The maximum atomic E-state index is 12.9. The molecule has 3 aromatic rings. The molecule has 0 spiro atoms. The summed E-state index contributed by atoms with van der Waals surface area (Å²) in [5.41, 5.74) is 1.38. The average molecular weight is 542 g/mol. The van der Waals surface area contributed by atoms with Crippen molar-refractivity contribution in [3.05, 3.63) is 71.8 Å². The van der Waals surface area contributed by atoms with Crippen molar-refractivity contribution in [2.24, 2.45) is 0 Å². The molecule has 0 aliphatic heterocycles. The van der Waals surface area contributed by atoms with Crippen LogP contribution in [0.5, 0.6) is 5.75 Å². The Morgan fingerprint density at radius 2 is 1.79 bits per heavy atom. The Kier molecular flexibility index (Phi) is 9.94. The zero-order chi connectivity index (χ0) is 27.7. The first kappa shape index (κ1) is 28.8. The number of para-hydroxylation sites is 1. The standard InChI is InChI=1S/C27H31N3O7S/c1-30(2)13-12-28-27(34)21-15-19-7-3-4-8-23(19)20(16-21)11-14-37-24-9-5-6-10-25(24)38(35,36)29-22(18-31)17-26(32)33/h3-10,15-16,18,22,29H,11-14,17H2,1-2H3,(H,28,34)(H,32,33)/t22-/m0/s1. The minimum Gasteiger partial charge on any atom is -0.492 e. The molecule has 0 fully saturated rings. The third-order valence-corrected chi connectivity index (χ3v) is 7.22. The van der Waals surface area contributed by atoms with Gasteiger partial charge in [-0.1, -0.05) is 36.4 Å². The summed E-state index contributed by atoms with van der Waals surface area (Å²) in [5.74, 6) is -1.44. The Labute approximate surface area is 221 Å². The minimum atomic E-state index is -4.24. The summed E-state index contributed by atoms with van der Waals surface area (Å²) in [4.78, 5) is 36.6. The van der Waals surface area contributed by atoms with Crippen LogP contribution in [0.2, 0.25) is 0 Å². The van der Waals surface area contributed by atoms with E-state index in [9.17, 15) is 22.8 Å². The number of rotatable bonds is 14. The summed E-state index contributed by atoms with van der Waals surface area (Å²) in [6.45, 7) is 1.32. The molecule has 3 aromatic carbocycles. The van der Waals surface area contributed by atoms with Crippen molar-refractivity contribution in [2.45, 2.75) is 23.8 Å². The van der Waals surface area contributed by atoms with Crippen LogP contribution < -0.4 is 14.8 Å². The second-order valence-corrected chi connectivity index (χ2v) is 10.6. The number of carbonyl (C=O) groups excluding carboxylic acids is 2. The van der Waals surface area contributed by atoms with Gasteiger partial charge in [0.15, 0.2) is 0 Å². The lowest BCUT2D eigenvalue weighted by Gasteiger charge is -2.16. The third kappa shape index (κ3) is 7.85. The van der Waals surface area contributed by atoms with Gasteiger partial charge >= 0.3 is 5.97 Å². The fraction of sp³-hybridized carbons (Fsp3) is 0.296. The number of carboxylic acid groups (broad SMARTS) is 1. The van der Waals surface area contributed by atoms with Crippen molar-refractivity contribution in [3.8, 4) is 5.75 Å². The number of hydrogen-bond acceptors (Lipinski definition) is 7. The number of carbonyl (C=O) groups is 3. The Morgan fingerprint density at radius 1 is 1.08 bits per heavy atom. The summed E-state index contributed by atoms with van der Waals surface area (Å²) in [5, 5.41) is 13.7. The van der Waals surface area contributed by atoms with E-state index < -0.39 is 28.5 Å². The molecule has 3 rings (SSSR count). The molecule has 202 valence electrons. The van der Waals surface area contributed by atoms with Crippen LogP contribution >= 0.6 is 0 Å². The van der Waals surface area contributed by atoms with Crippen LogP contribution in [0.3, 0.4) is 0 Å². The van der Waals surface area contributed by atoms with Crippen LogP contribution in [0.15, 0.2) is 65.6 Å². The average Bonchev–Trinajstić information content (AvgIpc) is 2.87. The van der Waals surface area contributed by atoms with Crippen LogP contribution in [0.25, 0.3) is 10.8 Å². The predicted octanol–water partition coefficient (Wildman–Crippen LogP) is 2.07. The molecular weight excluding hydrogens is 510 g/mol. The first-order valence-corrected chi connectivity index (χ1v) is 13.4. The molecule has 0 aliphatic carbocycles. The molecule has 0 bridgehead atoms. The summed E-state index contributed by atoms with van der Waals surface area (Å²) in [7, 11) is -0.383. The van der Waals surface area contributed by atoms with E-state index in [0.717, 1.165) is 16.3 Å². The molecule has 0 saturated heterocycles. The van der Waals surface area contributed by atoms with Gasteiger partial charge in [-0.05, 0) is 54.7 Å². The van der Waals surface area contributed by atoms with E-state index in [1.807, 2.05) is 55.4 Å². The smallest absolute Gasteiger partial charge is 0.305 e. The van der Waals surface area contributed by atoms with E-state index in [2.05, 4.69) is 10.0 Å². The van der Waals surface area contributed by atoms with Crippen LogP contribution in [0.4, 0.5) is 0 Å². The van der Waals surface area contributed by atoms with Crippen molar-refractivity contribution in [2.75, 3.05) is 33.8 Å². The molecule has 0 saturated carbocycles. The Morgan fingerprint density at radius 3 is 2.50 bits per heavy atom. The maximum Gasteiger partial charge on any atom is 0.305 e. The zero-order valence-corrected chi connectivity index (χ0v) is 22.0. The zero-order valence-electron chi connectivity index (χ0n) is 21.2. The number of aliphatic carboxylic acids is 1. The molecule has 38 heavy (non-hydrogen) atoms. The van der Waals surface area contributed by atoms with Crippen molar-refractivity contribution < 1.29 is 32.6 Å². The van der Waals surface area contributed by atoms with Crippen LogP contribution in [-0.4, -0.2) is 76.4 Å². The number of nitrogens with zero attached hydrogens (tertiary/aromatic N) is 1. The van der Waals surface area contributed by atoms with Crippen LogP contribution in [0, 0.1) is 0 Å². The molecular formula is C27H31N3O7S. The lowest BCUT2D eigenvalue weighted by atomic mass is 9.98. The number of benzene rings is 3. The van der Waals surface area contributed by atoms with E-state index in [4.69, 9.17) is 9.84 Å². The van der Waals surface area contributed by atoms with Crippen LogP contribution in [-0.2, 0) is 26.0 Å². The van der Waals surface area contributed by atoms with Gasteiger partial charge in [-0.25, -0.2) is 13.1 Å². The quantitative estimate of drug-likeness (QED) is 0.263. The highest BCUT2D eigenvalue weighted by atomic mass is 32.2. The Hall–Kier alpha value is -3.80. The second-order valence-electron chi connectivity index (χ2n) is 8.92. The predicted molar refractivity (Wildman–Crippen MR) is 143 cm³/mol. The molecule has 1 atom stereocenters. The number of fused-ring (bicyclic) bond motifs is 1. The van der Waals surface area contributed by atoms with Gasteiger partial charge in [0.2, 0.25) is 10.0 Å². The topological polar surface area (TPSA) is 142 Å². The van der Waals surface area contributed by atoms with Gasteiger partial charge < -0.3 is 24.9 Å². The molecule has 0 radical (unpaired) electrons. The number of sulfonamides is 1. The number of ether oxygens (including phenoxy) is 1. The molecule has 3 N–H and O–H groups in total. The monoisotopic (exact) mass is 541 g/mol. The van der Waals surface area contributed by atoms with Gasteiger partial charge in [-0.3, -0.25) is 9.59 Å². The minimum absolute atomic E-state index is 0.0573. The molecule has 10 nitrogen and oxygen atoms in total. The van der Waals surface area contributed by atoms with Gasteiger partial charge in [0.05, 0.1) is 19.1 Å². The number of hydrogen-bond donors (Lipinski definition) is 3. The highest BCUT2D eigenvalue weighted by Crippen LogP contribution is 2.25. The van der Waals surface area contributed by atoms with E-state index >= 15 is 0 Å². The van der Waals surface area contributed by atoms with E-state index in [1.165, 1.54) is 18.2 Å². The van der Waals surface area contributed by atoms with E-state index in [-0.39, 0.29) is 29.4 Å². The summed E-state index contributed by atoms with van der Waals surface area (Å²) in [6.07, 6.45) is -0.0566. The van der Waals surface area contributed by atoms with E-state index in [0.29, 0.717) is 25.1 Å². The first-order chi connectivity index (χ1) is 18.1. The molecule has 1 amide bonds. The largest absolute Gasteiger partial charge is 0.492 e. The lowest BCUT2D eigenvalue weighted by molar-refractivity contribution is -0.138. The number of aldehydes is 1. The fourth-order valence-electron chi connectivity index (χ4n) is 3.85. The maximum absolute atomic E-state index is 12.9. The van der Waals surface area contributed by atoms with Crippen LogP contribution in [0.1, 0.15) is 22.3 Å². The SMILES string of the molecule is CN(C)CCNC(=O)c1cc(CCOc2ccccc2S(=O)(=O)N[C@H](C=O)CC(=O)O)c2ccccc2c1. The molecule has 11 heteroatoms. The van der Waals surface area contributed by atoms with Gasteiger partial charge in [-0.2, -0.15) is 0 Å². The van der Waals surface area contributed by atoms with Crippen molar-refractivity contribution in [3.63, 3.8) is 0 Å². The molecule has 0 unspecified atom stereocenters. The number of carboxylic acids is 1.